The molecule has 0 aliphatic carbocycles. The summed E-state index contributed by atoms with van der Waals surface area (Å²) in [5.74, 6) is 0.810. The monoisotopic (exact) mass is 224 g/mol. The highest BCUT2D eigenvalue weighted by Crippen LogP contribution is 2.11. The lowest BCUT2D eigenvalue weighted by molar-refractivity contribution is 0.0955. The van der Waals surface area contributed by atoms with Crippen LogP contribution in [0.15, 0.2) is 17.5 Å². The first-order valence-electron chi connectivity index (χ1n) is 5.38. The van der Waals surface area contributed by atoms with Gasteiger partial charge in [0.2, 0.25) is 0 Å². The summed E-state index contributed by atoms with van der Waals surface area (Å²) in [6, 6.07) is 3.76. The Labute approximate surface area is 93.9 Å². The first-order chi connectivity index (χ1) is 7.36. The van der Waals surface area contributed by atoms with Crippen molar-refractivity contribution in [2.24, 2.45) is 5.92 Å². The second kappa shape index (κ2) is 5.28. The van der Waals surface area contributed by atoms with E-state index in [-0.39, 0.29) is 5.91 Å². The van der Waals surface area contributed by atoms with Gasteiger partial charge in [-0.1, -0.05) is 6.07 Å². The summed E-state index contributed by atoms with van der Waals surface area (Å²) >= 11 is 1.49. The van der Waals surface area contributed by atoms with Crippen molar-refractivity contribution in [3.8, 4) is 0 Å². The van der Waals surface area contributed by atoms with Crippen molar-refractivity contribution in [1.29, 1.82) is 0 Å². The molecule has 0 radical (unpaired) electrons. The molecule has 1 atom stereocenters. The van der Waals surface area contributed by atoms with Crippen LogP contribution < -0.4 is 10.6 Å². The van der Waals surface area contributed by atoms with Gasteiger partial charge in [-0.05, 0) is 43.3 Å². The van der Waals surface area contributed by atoms with Gasteiger partial charge in [0.25, 0.3) is 5.91 Å². The smallest absolute Gasteiger partial charge is 0.261 e. The van der Waals surface area contributed by atoms with E-state index in [1.807, 2.05) is 17.5 Å². The van der Waals surface area contributed by atoms with Crippen LogP contribution in [0.3, 0.4) is 0 Å². The van der Waals surface area contributed by atoms with Crippen molar-refractivity contribution in [2.75, 3.05) is 19.6 Å². The standard InChI is InChI=1S/C11H16N2OS/c14-11(10-2-1-7-15-10)13-6-4-9-3-5-12-8-9/h1-2,7,9,12H,3-6,8H2,(H,13,14). The van der Waals surface area contributed by atoms with Crippen LogP contribution in [0.25, 0.3) is 0 Å². The van der Waals surface area contributed by atoms with Crippen LogP contribution in [0.1, 0.15) is 22.5 Å². The predicted octanol–water partition coefficient (Wildman–Crippen LogP) is 1.48. The second-order valence-corrected chi connectivity index (χ2v) is 4.83. The third-order valence-corrected chi connectivity index (χ3v) is 3.61. The molecule has 0 bridgehead atoms. The van der Waals surface area contributed by atoms with Crippen molar-refractivity contribution in [2.45, 2.75) is 12.8 Å². The molecule has 82 valence electrons. The van der Waals surface area contributed by atoms with Crippen LogP contribution in [0.2, 0.25) is 0 Å². The fourth-order valence-corrected chi connectivity index (χ4v) is 2.49. The lowest BCUT2D eigenvalue weighted by Gasteiger charge is -2.08. The van der Waals surface area contributed by atoms with Crippen LogP contribution in [0, 0.1) is 5.92 Å². The Morgan fingerprint density at radius 3 is 3.27 bits per heavy atom. The van der Waals surface area contributed by atoms with Gasteiger partial charge in [0.1, 0.15) is 0 Å². The highest BCUT2D eigenvalue weighted by atomic mass is 32.1. The first-order valence-corrected chi connectivity index (χ1v) is 6.26. The average Bonchev–Trinajstić information content (AvgIpc) is 2.90. The predicted molar refractivity (Wildman–Crippen MR) is 62.2 cm³/mol. The van der Waals surface area contributed by atoms with Gasteiger partial charge in [0.15, 0.2) is 0 Å². The van der Waals surface area contributed by atoms with Gasteiger partial charge < -0.3 is 10.6 Å². The summed E-state index contributed by atoms with van der Waals surface area (Å²) < 4.78 is 0. The van der Waals surface area contributed by atoms with Crippen molar-refractivity contribution in [3.63, 3.8) is 0 Å². The summed E-state index contributed by atoms with van der Waals surface area (Å²) in [6.45, 7) is 3.03. The number of amides is 1. The molecule has 1 aliphatic heterocycles. The molecule has 1 unspecified atom stereocenters. The van der Waals surface area contributed by atoms with Gasteiger partial charge in [0.05, 0.1) is 4.88 Å². The van der Waals surface area contributed by atoms with E-state index in [9.17, 15) is 4.79 Å². The van der Waals surface area contributed by atoms with Crippen LogP contribution in [-0.4, -0.2) is 25.5 Å². The number of thiophene rings is 1. The molecule has 1 aromatic rings. The molecular weight excluding hydrogens is 208 g/mol. The highest BCUT2D eigenvalue weighted by molar-refractivity contribution is 7.12. The molecule has 1 saturated heterocycles. The molecule has 3 nitrogen and oxygen atoms in total. The number of rotatable bonds is 4. The van der Waals surface area contributed by atoms with Gasteiger partial charge in [-0.2, -0.15) is 0 Å². The Balaban J connectivity index is 1.67. The molecule has 0 aromatic carbocycles. The Morgan fingerprint density at radius 2 is 2.60 bits per heavy atom. The maximum absolute atomic E-state index is 11.6. The zero-order valence-corrected chi connectivity index (χ0v) is 9.48. The lowest BCUT2D eigenvalue weighted by atomic mass is 10.1. The third-order valence-electron chi connectivity index (χ3n) is 2.75. The molecular formula is C11H16N2OS. The van der Waals surface area contributed by atoms with Crippen molar-refractivity contribution in [1.82, 2.24) is 10.6 Å². The third kappa shape index (κ3) is 3.04. The second-order valence-electron chi connectivity index (χ2n) is 3.88. The minimum atomic E-state index is 0.0657. The molecule has 1 aromatic heterocycles. The molecule has 0 spiro atoms. The molecule has 2 N–H and O–H groups in total. The molecule has 1 amide bonds. The van der Waals surface area contributed by atoms with Crippen molar-refractivity contribution in [3.05, 3.63) is 22.4 Å². The topological polar surface area (TPSA) is 41.1 Å². The minimum absolute atomic E-state index is 0.0657. The Morgan fingerprint density at radius 1 is 1.67 bits per heavy atom. The highest BCUT2D eigenvalue weighted by Gasteiger charge is 2.14. The van der Waals surface area contributed by atoms with E-state index in [0.717, 1.165) is 36.9 Å². The van der Waals surface area contributed by atoms with Crippen molar-refractivity contribution >= 4 is 17.2 Å². The summed E-state index contributed by atoms with van der Waals surface area (Å²) in [6.07, 6.45) is 2.33. The zero-order chi connectivity index (χ0) is 10.5. The van der Waals surface area contributed by atoms with E-state index in [2.05, 4.69) is 10.6 Å². The van der Waals surface area contributed by atoms with Crippen LogP contribution in [0.4, 0.5) is 0 Å². The van der Waals surface area contributed by atoms with Crippen LogP contribution in [-0.2, 0) is 0 Å². The summed E-state index contributed by atoms with van der Waals surface area (Å²) in [5, 5.41) is 8.21. The van der Waals surface area contributed by atoms with E-state index < -0.39 is 0 Å². The zero-order valence-electron chi connectivity index (χ0n) is 8.66. The SMILES string of the molecule is O=C(NCCC1CCNC1)c1cccs1. The molecule has 0 saturated carbocycles. The van der Waals surface area contributed by atoms with E-state index in [1.165, 1.54) is 17.8 Å². The fourth-order valence-electron chi connectivity index (χ4n) is 1.85. The van der Waals surface area contributed by atoms with Crippen molar-refractivity contribution < 1.29 is 4.79 Å². The summed E-state index contributed by atoms with van der Waals surface area (Å²) in [5.41, 5.74) is 0. The molecule has 15 heavy (non-hydrogen) atoms. The van der Waals surface area contributed by atoms with E-state index >= 15 is 0 Å². The molecule has 2 heterocycles. The van der Waals surface area contributed by atoms with E-state index in [0.29, 0.717) is 0 Å². The van der Waals surface area contributed by atoms with Crippen LogP contribution in [0.5, 0.6) is 0 Å². The van der Waals surface area contributed by atoms with Gasteiger partial charge in [0, 0.05) is 6.54 Å². The number of hydrogen-bond donors (Lipinski definition) is 2. The lowest BCUT2D eigenvalue weighted by Crippen LogP contribution is -2.25. The average molecular weight is 224 g/mol. The molecule has 1 fully saturated rings. The van der Waals surface area contributed by atoms with E-state index in [4.69, 9.17) is 0 Å². The van der Waals surface area contributed by atoms with Gasteiger partial charge in [-0.3, -0.25) is 4.79 Å². The first kappa shape index (κ1) is 10.6. The molecule has 4 heteroatoms. The largest absolute Gasteiger partial charge is 0.351 e. The van der Waals surface area contributed by atoms with Gasteiger partial charge in [-0.15, -0.1) is 11.3 Å². The minimum Gasteiger partial charge on any atom is -0.351 e. The Bertz CT molecular complexity index is 304. The molecule has 2 rings (SSSR count). The van der Waals surface area contributed by atoms with Gasteiger partial charge in [-0.25, -0.2) is 0 Å². The normalized spacial score (nSPS) is 20.4. The molecule has 1 aliphatic rings. The summed E-state index contributed by atoms with van der Waals surface area (Å²) in [7, 11) is 0. The summed E-state index contributed by atoms with van der Waals surface area (Å²) in [4.78, 5) is 12.4. The van der Waals surface area contributed by atoms with E-state index in [1.54, 1.807) is 0 Å². The Kier molecular flexibility index (Phi) is 3.75. The number of hydrogen-bond acceptors (Lipinski definition) is 3. The van der Waals surface area contributed by atoms with Crippen LogP contribution >= 0.6 is 11.3 Å². The maximum Gasteiger partial charge on any atom is 0.261 e. The quantitative estimate of drug-likeness (QED) is 0.813. The maximum atomic E-state index is 11.6. The number of carbonyl (C=O) groups is 1. The fraction of sp³-hybridized carbons (Fsp3) is 0.545. The number of nitrogens with one attached hydrogen (secondary N) is 2. The van der Waals surface area contributed by atoms with Gasteiger partial charge >= 0.3 is 0 Å². The number of carbonyl (C=O) groups excluding carboxylic acids is 1. The Hall–Kier alpha value is -0.870.